The number of piperidine rings is 1. The van der Waals surface area contributed by atoms with Crippen molar-refractivity contribution in [3.63, 3.8) is 0 Å². The molecule has 2 aliphatic heterocycles. The minimum Gasteiger partial charge on any atom is -0.410 e. The maximum Gasteiger partial charge on any atom is 0.415 e. The first-order chi connectivity index (χ1) is 20.2. The zero-order valence-corrected chi connectivity index (χ0v) is 24.2. The van der Waals surface area contributed by atoms with E-state index in [1.54, 1.807) is 17.0 Å². The van der Waals surface area contributed by atoms with Gasteiger partial charge in [-0.05, 0) is 80.8 Å². The van der Waals surface area contributed by atoms with Gasteiger partial charge >= 0.3 is 6.09 Å². The quantitative estimate of drug-likeness (QED) is 0.386. The molecule has 0 radical (unpaired) electrons. The number of amides is 2. The number of aromatic nitrogens is 2. The van der Waals surface area contributed by atoms with Crippen LogP contribution in [0.4, 0.5) is 15.0 Å². The van der Waals surface area contributed by atoms with Crippen LogP contribution in [-0.4, -0.2) is 70.3 Å². The van der Waals surface area contributed by atoms with Crippen LogP contribution in [0.25, 0.3) is 0 Å². The summed E-state index contributed by atoms with van der Waals surface area (Å²) in [6, 6.07) is 17.7. The number of benzene rings is 2. The zero-order chi connectivity index (χ0) is 29.8. The third kappa shape index (κ3) is 6.47. The first-order valence-electron chi connectivity index (χ1n) is 14.0. The summed E-state index contributed by atoms with van der Waals surface area (Å²) in [4.78, 5) is 33.0. The molecule has 0 unspecified atom stereocenters. The van der Waals surface area contributed by atoms with Crippen molar-refractivity contribution in [2.75, 3.05) is 31.1 Å². The van der Waals surface area contributed by atoms with Crippen LogP contribution in [0.1, 0.15) is 43.9 Å². The number of rotatable bonds is 6. The Labute approximate surface area is 249 Å². The smallest absolute Gasteiger partial charge is 0.410 e. The van der Waals surface area contributed by atoms with Crippen LogP contribution in [0.15, 0.2) is 60.7 Å². The Morgan fingerprint density at radius 2 is 1.71 bits per heavy atom. The fourth-order valence-electron chi connectivity index (χ4n) is 5.84. The average molecular weight is 591 g/mol. The highest BCUT2D eigenvalue weighted by atomic mass is 35.5. The second kappa shape index (κ2) is 12.7. The lowest BCUT2D eigenvalue weighted by Crippen LogP contribution is -2.50. The number of carbonyl (C=O) groups excluding carboxylic acids is 2. The normalized spacial score (nSPS) is 19.0. The Hall–Kier alpha value is -4.23. The van der Waals surface area contributed by atoms with E-state index in [4.69, 9.17) is 21.6 Å². The van der Waals surface area contributed by atoms with Gasteiger partial charge in [-0.1, -0.05) is 23.7 Å². The van der Waals surface area contributed by atoms with E-state index in [-0.39, 0.29) is 41.3 Å². The summed E-state index contributed by atoms with van der Waals surface area (Å²) in [5.74, 6) is 0.284. The highest BCUT2D eigenvalue weighted by Gasteiger charge is 2.44. The second-order valence-electron chi connectivity index (χ2n) is 10.9. The molecule has 9 nitrogen and oxygen atoms in total. The van der Waals surface area contributed by atoms with E-state index in [0.717, 1.165) is 5.56 Å². The van der Waals surface area contributed by atoms with E-state index in [9.17, 15) is 14.0 Å². The van der Waals surface area contributed by atoms with Crippen molar-refractivity contribution in [1.82, 2.24) is 20.0 Å². The molecule has 2 amide bonds. The topological polar surface area (TPSA) is 103 Å². The highest BCUT2D eigenvalue weighted by Crippen LogP contribution is 2.35. The van der Waals surface area contributed by atoms with Crippen molar-refractivity contribution in [1.29, 1.82) is 5.26 Å². The predicted molar refractivity (Wildman–Crippen MR) is 156 cm³/mol. The molecular formula is C31H32ClFN6O3. The lowest BCUT2D eigenvalue weighted by molar-refractivity contribution is -0.135. The van der Waals surface area contributed by atoms with E-state index in [0.29, 0.717) is 49.9 Å². The van der Waals surface area contributed by atoms with Crippen LogP contribution < -0.4 is 9.64 Å². The van der Waals surface area contributed by atoms with E-state index >= 15 is 0 Å². The molecule has 5 rings (SSSR count). The fraction of sp³-hybridized carbons (Fsp3) is 0.387. The lowest BCUT2D eigenvalue weighted by atomic mass is 9.92. The van der Waals surface area contributed by atoms with Crippen molar-refractivity contribution in [2.24, 2.45) is 5.92 Å². The fourth-order valence-corrected chi connectivity index (χ4v) is 5.96. The Balaban J connectivity index is 1.32. The van der Waals surface area contributed by atoms with Crippen molar-refractivity contribution in [2.45, 2.75) is 44.7 Å². The van der Waals surface area contributed by atoms with Crippen molar-refractivity contribution >= 4 is 29.4 Å². The molecule has 42 heavy (non-hydrogen) atoms. The van der Waals surface area contributed by atoms with Gasteiger partial charge in [0.15, 0.2) is 11.5 Å². The minimum absolute atomic E-state index is 0.0673. The van der Waals surface area contributed by atoms with Gasteiger partial charge in [-0.2, -0.15) is 5.26 Å². The maximum absolute atomic E-state index is 13.8. The van der Waals surface area contributed by atoms with Crippen LogP contribution in [0, 0.1) is 23.1 Å². The van der Waals surface area contributed by atoms with Gasteiger partial charge in [-0.15, -0.1) is 10.2 Å². The minimum atomic E-state index is -0.549. The summed E-state index contributed by atoms with van der Waals surface area (Å²) in [6.45, 7) is 5.95. The van der Waals surface area contributed by atoms with Crippen LogP contribution >= 0.6 is 11.6 Å². The summed E-state index contributed by atoms with van der Waals surface area (Å²) in [5, 5.41) is 17.7. The van der Waals surface area contributed by atoms with Gasteiger partial charge in [-0.3, -0.25) is 9.69 Å². The number of hydrogen-bond donors (Lipinski definition) is 0. The molecule has 11 heteroatoms. The maximum atomic E-state index is 13.8. The molecule has 3 aromatic rings. The van der Waals surface area contributed by atoms with Crippen molar-refractivity contribution in [3.8, 4) is 11.8 Å². The summed E-state index contributed by atoms with van der Waals surface area (Å²) in [5.41, 5.74) is 1.24. The summed E-state index contributed by atoms with van der Waals surface area (Å²) in [6.07, 6.45) is 0.772. The van der Waals surface area contributed by atoms with E-state index < -0.39 is 11.9 Å². The number of halogens is 2. The molecule has 0 spiro atoms. The Bertz CT molecular complexity index is 1440. The molecule has 218 valence electrons. The first kappa shape index (κ1) is 29.3. The molecule has 3 heterocycles. The van der Waals surface area contributed by atoms with Crippen LogP contribution in [-0.2, 0) is 4.79 Å². The lowest BCUT2D eigenvalue weighted by Gasteiger charge is -2.35. The molecule has 0 aliphatic carbocycles. The standard InChI is InChI=1S/C31H32ClFN6O3/c1-20(2)39(31(41)42-26-10-7-24(33)8-11-26)28-19-38(18-27(28)21-3-5-23(32)6-4-21)30(40)22-13-15-37(16-14-22)29-12-9-25(17-34)35-36-29/h3-12,20,22,27-28H,13-16,18-19H2,1-2H3/t27-,28+/m0/s1. The number of nitrogens with zero attached hydrogens (tertiary/aromatic N) is 6. The van der Waals surface area contributed by atoms with Gasteiger partial charge in [0.05, 0.1) is 6.04 Å². The molecular weight excluding hydrogens is 559 g/mol. The molecule has 2 fully saturated rings. The van der Waals surface area contributed by atoms with E-state index in [2.05, 4.69) is 15.1 Å². The van der Waals surface area contributed by atoms with Crippen LogP contribution in [0.3, 0.4) is 0 Å². The molecule has 2 saturated heterocycles. The van der Waals surface area contributed by atoms with Gasteiger partial charge in [0, 0.05) is 49.1 Å². The van der Waals surface area contributed by atoms with E-state index in [1.165, 1.54) is 24.3 Å². The first-order valence-corrected chi connectivity index (χ1v) is 14.4. The summed E-state index contributed by atoms with van der Waals surface area (Å²) >= 11 is 6.17. The van der Waals surface area contributed by atoms with Gasteiger partial charge in [-0.25, -0.2) is 9.18 Å². The number of carbonyl (C=O) groups is 2. The molecule has 1 aromatic heterocycles. The molecule has 2 aliphatic rings. The summed E-state index contributed by atoms with van der Waals surface area (Å²) in [7, 11) is 0. The van der Waals surface area contributed by atoms with Crippen LogP contribution in [0.5, 0.6) is 5.75 Å². The summed E-state index contributed by atoms with van der Waals surface area (Å²) < 4.78 is 19.1. The third-order valence-electron chi connectivity index (χ3n) is 7.98. The Morgan fingerprint density at radius 1 is 1.02 bits per heavy atom. The zero-order valence-electron chi connectivity index (χ0n) is 23.5. The average Bonchev–Trinajstić information content (AvgIpc) is 3.43. The highest BCUT2D eigenvalue weighted by molar-refractivity contribution is 6.30. The Morgan fingerprint density at radius 3 is 2.31 bits per heavy atom. The second-order valence-corrected chi connectivity index (χ2v) is 11.4. The number of anilines is 1. The molecule has 0 N–H and O–H groups in total. The predicted octanol–water partition coefficient (Wildman–Crippen LogP) is 5.26. The monoisotopic (exact) mass is 590 g/mol. The van der Waals surface area contributed by atoms with Gasteiger partial charge in [0.25, 0.3) is 0 Å². The van der Waals surface area contributed by atoms with Crippen molar-refractivity contribution in [3.05, 3.63) is 82.8 Å². The van der Waals surface area contributed by atoms with E-state index in [1.807, 2.05) is 49.1 Å². The molecule has 2 aromatic carbocycles. The number of hydrogen-bond acceptors (Lipinski definition) is 7. The SMILES string of the molecule is CC(C)N(C(=O)Oc1ccc(F)cc1)[C@@H]1CN(C(=O)C2CCN(c3ccc(C#N)nn3)CC2)C[C@H]1c1ccc(Cl)cc1. The largest absolute Gasteiger partial charge is 0.415 e. The molecule has 0 saturated carbocycles. The van der Waals surface area contributed by atoms with Gasteiger partial charge < -0.3 is 14.5 Å². The van der Waals surface area contributed by atoms with Crippen molar-refractivity contribution < 1.29 is 18.7 Å². The number of likely N-dealkylation sites (tertiary alicyclic amines) is 1. The van der Waals surface area contributed by atoms with Crippen LogP contribution in [0.2, 0.25) is 5.02 Å². The third-order valence-corrected chi connectivity index (χ3v) is 8.23. The molecule has 0 bridgehead atoms. The van der Waals surface area contributed by atoms with Gasteiger partial charge in [0.2, 0.25) is 5.91 Å². The number of nitriles is 1. The van der Waals surface area contributed by atoms with Gasteiger partial charge in [0.1, 0.15) is 17.6 Å². The number of ether oxygens (including phenoxy) is 1. The Kier molecular flexibility index (Phi) is 8.88. The molecule has 2 atom stereocenters.